The van der Waals surface area contributed by atoms with E-state index < -0.39 is 11.9 Å². The third-order valence-electron chi connectivity index (χ3n) is 3.44. The van der Waals surface area contributed by atoms with Gasteiger partial charge in [-0.3, -0.25) is 9.80 Å². The summed E-state index contributed by atoms with van der Waals surface area (Å²) in [6.45, 7) is 2.71. The number of nitrogens with zero attached hydrogens (tertiary/aromatic N) is 2. The van der Waals surface area contributed by atoms with E-state index in [-0.39, 0.29) is 12.5 Å². The summed E-state index contributed by atoms with van der Waals surface area (Å²) in [5.74, 6) is -1.33. The largest absolute Gasteiger partial charge is 0.481 e. The number of hydrogen-bond donors (Lipinski definition) is 1. The molecule has 0 amide bonds. The lowest BCUT2D eigenvalue weighted by Crippen LogP contribution is -2.39. The second kappa shape index (κ2) is 5.16. The predicted molar refractivity (Wildman–Crippen MR) is 67.0 cm³/mol. The summed E-state index contributed by atoms with van der Waals surface area (Å²) < 4.78 is 0. The Labute approximate surface area is 105 Å². The first-order chi connectivity index (χ1) is 8.60. The molecule has 1 aromatic rings. The molecule has 1 aliphatic heterocycles. The molecular formula is C13H16N2O3. The van der Waals surface area contributed by atoms with Crippen LogP contribution in [-0.4, -0.2) is 29.2 Å². The van der Waals surface area contributed by atoms with E-state index >= 15 is 0 Å². The van der Waals surface area contributed by atoms with Crippen molar-refractivity contribution in [1.29, 1.82) is 0 Å². The van der Waals surface area contributed by atoms with Crippen LogP contribution in [0.3, 0.4) is 0 Å². The van der Waals surface area contributed by atoms with Gasteiger partial charge in [0.1, 0.15) is 0 Å². The van der Waals surface area contributed by atoms with Crippen LogP contribution in [0.1, 0.15) is 23.5 Å². The lowest BCUT2D eigenvalue weighted by Gasteiger charge is -2.32. The molecule has 0 saturated carbocycles. The zero-order valence-electron chi connectivity index (χ0n) is 10.2. The maximum absolute atomic E-state index is 11.1. The first-order valence-corrected chi connectivity index (χ1v) is 5.97. The Kier molecular flexibility index (Phi) is 3.60. The van der Waals surface area contributed by atoms with Crippen molar-refractivity contribution in [1.82, 2.24) is 5.01 Å². The maximum Gasteiger partial charge on any atom is 0.308 e. The van der Waals surface area contributed by atoms with Crippen molar-refractivity contribution in [3.8, 4) is 0 Å². The number of hydrogen-bond acceptors (Lipinski definition) is 3. The molecule has 1 aromatic carbocycles. The lowest BCUT2D eigenvalue weighted by molar-refractivity contribution is -0.143. The number of piperidine rings is 1. The van der Waals surface area contributed by atoms with Crippen molar-refractivity contribution in [3.05, 3.63) is 40.3 Å². The quantitative estimate of drug-likeness (QED) is 0.832. The highest BCUT2D eigenvalue weighted by Crippen LogP contribution is 2.30. The van der Waals surface area contributed by atoms with Crippen LogP contribution in [0, 0.1) is 17.7 Å². The van der Waals surface area contributed by atoms with Gasteiger partial charge in [-0.2, -0.15) is 0 Å². The van der Waals surface area contributed by atoms with E-state index in [0.29, 0.717) is 13.0 Å². The number of aryl methyl sites for hydroxylation is 1. The second-order valence-electron chi connectivity index (χ2n) is 4.83. The molecule has 1 saturated heterocycles. The Morgan fingerprint density at radius 2 is 2.00 bits per heavy atom. The molecule has 18 heavy (non-hydrogen) atoms. The maximum atomic E-state index is 11.1. The van der Waals surface area contributed by atoms with E-state index in [9.17, 15) is 9.70 Å². The number of rotatable bonds is 3. The smallest absolute Gasteiger partial charge is 0.308 e. The Hall–Kier alpha value is -1.91. The minimum absolute atomic E-state index is 0.0538. The van der Waals surface area contributed by atoms with E-state index in [2.05, 4.69) is 5.29 Å². The Bertz CT molecular complexity index is 444. The highest BCUT2D eigenvalue weighted by molar-refractivity contribution is 5.70. The van der Waals surface area contributed by atoms with Gasteiger partial charge in [-0.15, -0.1) is 4.91 Å². The fourth-order valence-corrected chi connectivity index (χ4v) is 2.40. The number of carbonyl (C=O) groups is 1. The predicted octanol–water partition coefficient (Wildman–Crippen LogP) is 2.17. The molecule has 96 valence electrons. The number of nitroso groups, excluding NO2 is 1. The molecule has 0 aliphatic carbocycles. The van der Waals surface area contributed by atoms with Crippen molar-refractivity contribution in [3.63, 3.8) is 0 Å². The molecule has 5 heteroatoms. The van der Waals surface area contributed by atoms with E-state index in [1.807, 2.05) is 31.2 Å². The summed E-state index contributed by atoms with van der Waals surface area (Å²) in [6.07, 6.45) is 0.560. The van der Waals surface area contributed by atoms with Gasteiger partial charge in [0.25, 0.3) is 0 Å². The SMILES string of the molecule is Cc1ccc(C2CC(C(=O)O)CN(N=O)C2)cc1. The van der Waals surface area contributed by atoms with Crippen LogP contribution in [0.2, 0.25) is 0 Å². The third kappa shape index (κ3) is 2.67. The lowest BCUT2D eigenvalue weighted by atomic mass is 9.85. The minimum Gasteiger partial charge on any atom is -0.481 e. The zero-order valence-corrected chi connectivity index (χ0v) is 10.2. The second-order valence-corrected chi connectivity index (χ2v) is 4.83. The van der Waals surface area contributed by atoms with Gasteiger partial charge in [-0.05, 0) is 18.9 Å². The molecule has 0 radical (unpaired) electrons. The molecule has 2 unspecified atom stereocenters. The van der Waals surface area contributed by atoms with Gasteiger partial charge in [0.2, 0.25) is 0 Å². The van der Waals surface area contributed by atoms with Crippen LogP contribution >= 0.6 is 0 Å². The van der Waals surface area contributed by atoms with Crippen LogP contribution in [0.15, 0.2) is 29.6 Å². The van der Waals surface area contributed by atoms with Gasteiger partial charge in [0.05, 0.1) is 17.7 Å². The van der Waals surface area contributed by atoms with E-state index in [4.69, 9.17) is 5.11 Å². The summed E-state index contributed by atoms with van der Waals surface area (Å²) in [5.41, 5.74) is 2.23. The molecular weight excluding hydrogens is 232 g/mol. The summed E-state index contributed by atoms with van der Waals surface area (Å²) >= 11 is 0. The van der Waals surface area contributed by atoms with E-state index in [1.54, 1.807) is 0 Å². The van der Waals surface area contributed by atoms with Crippen molar-refractivity contribution in [2.75, 3.05) is 13.1 Å². The highest BCUT2D eigenvalue weighted by Gasteiger charge is 2.32. The molecule has 5 nitrogen and oxygen atoms in total. The van der Waals surface area contributed by atoms with Gasteiger partial charge in [-0.25, -0.2) is 0 Å². The molecule has 1 heterocycles. The number of carboxylic acids is 1. The van der Waals surface area contributed by atoms with Gasteiger partial charge >= 0.3 is 5.97 Å². The zero-order chi connectivity index (χ0) is 13.1. The van der Waals surface area contributed by atoms with E-state index in [0.717, 1.165) is 11.1 Å². The number of benzene rings is 1. The minimum atomic E-state index is -0.861. The van der Waals surface area contributed by atoms with Gasteiger partial charge in [0.15, 0.2) is 0 Å². The molecule has 0 bridgehead atoms. The topological polar surface area (TPSA) is 70.0 Å². The fraction of sp³-hybridized carbons (Fsp3) is 0.462. The Morgan fingerprint density at radius 1 is 1.33 bits per heavy atom. The normalized spacial score (nSPS) is 23.7. The summed E-state index contributed by atoms with van der Waals surface area (Å²) in [7, 11) is 0. The first-order valence-electron chi connectivity index (χ1n) is 5.97. The highest BCUT2D eigenvalue weighted by atomic mass is 16.4. The number of carboxylic acid groups (broad SMARTS) is 1. The van der Waals surface area contributed by atoms with Crippen LogP contribution in [0.4, 0.5) is 0 Å². The summed E-state index contributed by atoms with van der Waals surface area (Å²) in [5, 5.41) is 13.3. The fourth-order valence-electron chi connectivity index (χ4n) is 2.40. The molecule has 1 aliphatic rings. The summed E-state index contributed by atoms with van der Waals surface area (Å²) in [4.78, 5) is 21.7. The van der Waals surface area contributed by atoms with Crippen LogP contribution in [-0.2, 0) is 4.79 Å². The third-order valence-corrected chi connectivity index (χ3v) is 3.44. The van der Waals surface area contributed by atoms with Crippen molar-refractivity contribution < 1.29 is 9.90 Å². The molecule has 0 spiro atoms. The molecule has 1 fully saturated rings. The monoisotopic (exact) mass is 248 g/mol. The van der Waals surface area contributed by atoms with Gasteiger partial charge in [0, 0.05) is 12.5 Å². The van der Waals surface area contributed by atoms with Crippen molar-refractivity contribution in [2.24, 2.45) is 11.2 Å². The van der Waals surface area contributed by atoms with Crippen molar-refractivity contribution >= 4 is 5.97 Å². The first kappa shape index (κ1) is 12.5. The van der Waals surface area contributed by atoms with E-state index in [1.165, 1.54) is 5.01 Å². The molecule has 2 rings (SSSR count). The molecule has 2 atom stereocenters. The Morgan fingerprint density at radius 3 is 2.56 bits per heavy atom. The van der Waals surface area contributed by atoms with Gasteiger partial charge < -0.3 is 5.11 Å². The molecule has 0 aromatic heterocycles. The average Bonchev–Trinajstić information content (AvgIpc) is 2.39. The standard InChI is InChI=1S/C13H16N2O3/c1-9-2-4-10(5-3-9)11-6-12(13(16)17)8-15(7-11)14-18/h2-5,11-12H,6-8H2,1H3,(H,16,17). The Balaban J connectivity index is 2.18. The van der Waals surface area contributed by atoms with Crippen LogP contribution in [0.25, 0.3) is 0 Å². The molecule has 1 N–H and O–H groups in total. The van der Waals surface area contributed by atoms with Crippen LogP contribution < -0.4 is 0 Å². The summed E-state index contributed by atoms with van der Waals surface area (Å²) in [6, 6.07) is 7.98. The van der Waals surface area contributed by atoms with Gasteiger partial charge in [-0.1, -0.05) is 29.8 Å². The van der Waals surface area contributed by atoms with Crippen LogP contribution in [0.5, 0.6) is 0 Å². The van der Waals surface area contributed by atoms with Crippen molar-refractivity contribution in [2.45, 2.75) is 19.3 Å². The average molecular weight is 248 g/mol. The number of aliphatic carboxylic acids is 1.